The molecule has 2 aromatic carbocycles. The Balaban J connectivity index is 2.04. The number of rotatable bonds is 6. The van der Waals surface area contributed by atoms with Crippen LogP contribution in [0.15, 0.2) is 44.9 Å². The van der Waals surface area contributed by atoms with E-state index in [2.05, 4.69) is 37.2 Å². The van der Waals surface area contributed by atoms with Crippen molar-refractivity contribution in [1.82, 2.24) is 5.32 Å². The maximum Gasteiger partial charge on any atom is 0.335 e. The molecule has 0 aliphatic carbocycles. The smallest absolute Gasteiger partial charge is 0.335 e. The van der Waals surface area contributed by atoms with Crippen molar-refractivity contribution in [2.45, 2.75) is 20.8 Å². The number of aryl methyl sites for hydroxylation is 1. The van der Waals surface area contributed by atoms with Crippen LogP contribution in [-0.4, -0.2) is 31.1 Å². The first-order valence-electron chi connectivity index (χ1n) is 9.53. The quantitative estimate of drug-likeness (QED) is 0.404. The highest BCUT2D eigenvalue weighted by molar-refractivity contribution is 9.10. The van der Waals surface area contributed by atoms with Gasteiger partial charge in [0, 0.05) is 4.47 Å². The number of barbiturate groups is 1. The average molecular weight is 552 g/mol. The van der Waals surface area contributed by atoms with Crippen LogP contribution in [0.1, 0.15) is 25.0 Å². The third-order valence-corrected chi connectivity index (χ3v) is 5.91. The van der Waals surface area contributed by atoms with Gasteiger partial charge >= 0.3 is 6.03 Å². The van der Waals surface area contributed by atoms with Gasteiger partial charge in [0.25, 0.3) is 11.8 Å². The lowest BCUT2D eigenvalue weighted by Crippen LogP contribution is -2.54. The van der Waals surface area contributed by atoms with Gasteiger partial charge in [0.15, 0.2) is 11.5 Å². The van der Waals surface area contributed by atoms with Crippen molar-refractivity contribution in [2.24, 2.45) is 0 Å². The normalized spacial score (nSPS) is 15.3. The van der Waals surface area contributed by atoms with Gasteiger partial charge in [-0.05, 0) is 84.2 Å². The van der Waals surface area contributed by atoms with Gasteiger partial charge in [-0.25, -0.2) is 9.69 Å². The number of amides is 4. The number of hydrogen-bond acceptors (Lipinski definition) is 5. The molecule has 3 rings (SSSR count). The maximum atomic E-state index is 13.1. The molecule has 2 aromatic rings. The third kappa shape index (κ3) is 4.83. The van der Waals surface area contributed by atoms with Crippen LogP contribution < -0.4 is 19.7 Å². The van der Waals surface area contributed by atoms with Crippen LogP contribution in [-0.2, 0) is 9.59 Å². The van der Waals surface area contributed by atoms with Gasteiger partial charge in [-0.1, -0.05) is 15.9 Å². The lowest BCUT2D eigenvalue weighted by molar-refractivity contribution is -0.122. The largest absolute Gasteiger partial charge is 0.490 e. The summed E-state index contributed by atoms with van der Waals surface area (Å²) < 4.78 is 12.7. The second-order valence-electron chi connectivity index (χ2n) is 6.59. The van der Waals surface area contributed by atoms with E-state index in [-0.39, 0.29) is 5.57 Å². The van der Waals surface area contributed by atoms with E-state index in [0.717, 1.165) is 14.9 Å². The highest BCUT2D eigenvalue weighted by Gasteiger charge is 2.37. The molecule has 9 heteroatoms. The van der Waals surface area contributed by atoms with Crippen LogP contribution in [0.5, 0.6) is 11.5 Å². The first-order chi connectivity index (χ1) is 14.8. The zero-order chi connectivity index (χ0) is 22.7. The molecule has 31 heavy (non-hydrogen) atoms. The van der Waals surface area contributed by atoms with Crippen LogP contribution in [0.3, 0.4) is 0 Å². The van der Waals surface area contributed by atoms with Crippen molar-refractivity contribution in [1.29, 1.82) is 0 Å². The fourth-order valence-electron chi connectivity index (χ4n) is 3.05. The molecule has 162 valence electrons. The zero-order valence-corrected chi connectivity index (χ0v) is 20.3. The molecule has 1 heterocycles. The average Bonchev–Trinajstić information content (AvgIpc) is 2.70. The SMILES string of the molecule is CCOc1cc(/C=C2\C(=O)NC(=O)N(c3ccc(Br)c(C)c3)C2=O)cc(Br)c1OCC. The predicted octanol–water partition coefficient (Wildman–Crippen LogP) is 4.98. The van der Waals surface area contributed by atoms with Crippen molar-refractivity contribution in [2.75, 3.05) is 18.1 Å². The molecule has 7 nitrogen and oxygen atoms in total. The first kappa shape index (κ1) is 23.0. The topological polar surface area (TPSA) is 84.9 Å². The summed E-state index contributed by atoms with van der Waals surface area (Å²) in [6.45, 7) is 6.41. The number of carbonyl (C=O) groups excluding carboxylic acids is 3. The molecule has 0 spiro atoms. The van der Waals surface area contributed by atoms with E-state index in [0.29, 0.717) is 40.4 Å². The van der Waals surface area contributed by atoms with Crippen molar-refractivity contribution >= 4 is 61.5 Å². The zero-order valence-electron chi connectivity index (χ0n) is 17.1. The van der Waals surface area contributed by atoms with Gasteiger partial charge in [-0.15, -0.1) is 0 Å². The van der Waals surface area contributed by atoms with Gasteiger partial charge in [-0.3, -0.25) is 14.9 Å². The van der Waals surface area contributed by atoms with E-state index in [9.17, 15) is 14.4 Å². The van der Waals surface area contributed by atoms with Crippen LogP contribution in [0.2, 0.25) is 0 Å². The van der Waals surface area contributed by atoms with Gasteiger partial charge in [0.05, 0.1) is 23.4 Å². The first-order valence-corrected chi connectivity index (χ1v) is 11.1. The number of hydrogen-bond donors (Lipinski definition) is 1. The highest BCUT2D eigenvalue weighted by Crippen LogP contribution is 2.38. The molecule has 4 amide bonds. The minimum atomic E-state index is -0.795. The summed E-state index contributed by atoms with van der Waals surface area (Å²) in [7, 11) is 0. The number of halogens is 2. The Morgan fingerprint density at radius 2 is 1.71 bits per heavy atom. The number of urea groups is 1. The summed E-state index contributed by atoms with van der Waals surface area (Å²) in [5.41, 5.74) is 1.58. The van der Waals surface area contributed by atoms with E-state index in [4.69, 9.17) is 9.47 Å². The van der Waals surface area contributed by atoms with Crippen LogP contribution in [0.25, 0.3) is 6.08 Å². The fraction of sp³-hybridized carbons (Fsp3) is 0.227. The van der Waals surface area contributed by atoms with Crippen LogP contribution >= 0.6 is 31.9 Å². The Labute approximate surface area is 196 Å². The molecule has 1 fully saturated rings. The van der Waals surface area contributed by atoms with E-state index < -0.39 is 17.8 Å². The fourth-order valence-corrected chi connectivity index (χ4v) is 3.87. The second kappa shape index (κ2) is 9.65. The number of nitrogens with one attached hydrogen (secondary N) is 1. The highest BCUT2D eigenvalue weighted by atomic mass is 79.9. The van der Waals surface area contributed by atoms with Gasteiger partial charge < -0.3 is 9.47 Å². The van der Waals surface area contributed by atoms with Crippen molar-refractivity contribution < 1.29 is 23.9 Å². The number of nitrogens with zero attached hydrogens (tertiary/aromatic N) is 1. The van der Waals surface area contributed by atoms with E-state index in [1.54, 1.807) is 30.3 Å². The molecule has 1 saturated heterocycles. The van der Waals surface area contributed by atoms with E-state index in [1.165, 1.54) is 6.08 Å². The van der Waals surface area contributed by atoms with Gasteiger partial charge in [0.1, 0.15) is 5.57 Å². The summed E-state index contributed by atoms with van der Waals surface area (Å²) in [5.74, 6) is -0.458. The molecule has 1 aliphatic rings. The maximum absolute atomic E-state index is 13.1. The minimum absolute atomic E-state index is 0.168. The molecule has 0 saturated carbocycles. The molecule has 0 aromatic heterocycles. The van der Waals surface area contributed by atoms with Crippen molar-refractivity contribution in [3.63, 3.8) is 0 Å². The molecular formula is C22H20Br2N2O5. The molecule has 1 aliphatic heterocycles. The van der Waals surface area contributed by atoms with Crippen LogP contribution in [0.4, 0.5) is 10.5 Å². The van der Waals surface area contributed by atoms with E-state index in [1.807, 2.05) is 20.8 Å². The monoisotopic (exact) mass is 550 g/mol. The molecule has 0 unspecified atom stereocenters. The molecule has 0 bridgehead atoms. The predicted molar refractivity (Wildman–Crippen MR) is 124 cm³/mol. The number of ether oxygens (including phenoxy) is 2. The van der Waals surface area contributed by atoms with E-state index >= 15 is 0 Å². The summed E-state index contributed by atoms with van der Waals surface area (Å²) in [6.07, 6.45) is 1.42. The number of imide groups is 2. The number of anilines is 1. The Kier molecular flexibility index (Phi) is 7.17. The third-order valence-electron chi connectivity index (χ3n) is 4.43. The van der Waals surface area contributed by atoms with Gasteiger partial charge in [0.2, 0.25) is 0 Å². The summed E-state index contributed by atoms with van der Waals surface area (Å²) >= 11 is 6.84. The molecule has 0 atom stereocenters. The van der Waals surface area contributed by atoms with Crippen LogP contribution in [0, 0.1) is 6.92 Å². The van der Waals surface area contributed by atoms with Crippen molar-refractivity contribution in [3.8, 4) is 11.5 Å². The summed E-state index contributed by atoms with van der Waals surface area (Å²) in [5, 5.41) is 2.23. The lowest BCUT2D eigenvalue weighted by Gasteiger charge is -2.26. The Bertz CT molecular complexity index is 1100. The lowest BCUT2D eigenvalue weighted by atomic mass is 10.1. The standard InChI is InChI=1S/C22H20Br2N2O5/c1-4-30-18-11-13(10-17(24)19(18)31-5-2)9-15-20(27)25-22(29)26(21(15)28)14-6-7-16(23)12(3)8-14/h6-11H,4-5H2,1-3H3,(H,25,27,29)/b15-9+. The number of benzene rings is 2. The number of carbonyl (C=O) groups is 3. The molecule has 0 radical (unpaired) electrons. The molecular weight excluding hydrogens is 532 g/mol. The Hall–Kier alpha value is -2.65. The van der Waals surface area contributed by atoms with Crippen molar-refractivity contribution in [3.05, 3.63) is 56.0 Å². The van der Waals surface area contributed by atoms with Gasteiger partial charge in [-0.2, -0.15) is 0 Å². The molecule has 1 N–H and O–H groups in total. The second-order valence-corrected chi connectivity index (χ2v) is 8.30. The summed E-state index contributed by atoms with van der Waals surface area (Å²) in [4.78, 5) is 38.9. The Morgan fingerprint density at radius 3 is 2.35 bits per heavy atom. The Morgan fingerprint density at radius 1 is 1.00 bits per heavy atom. The minimum Gasteiger partial charge on any atom is -0.490 e. The summed E-state index contributed by atoms with van der Waals surface area (Å²) in [6, 6.07) is 7.65.